The molecule has 6 heteroatoms. The second-order valence-electron chi connectivity index (χ2n) is 5.15. The minimum absolute atomic E-state index is 0.00836. The van der Waals surface area contributed by atoms with Crippen LogP contribution in [0.25, 0.3) is 0 Å². The zero-order chi connectivity index (χ0) is 15.6. The monoisotopic (exact) mass is 299 g/mol. The summed E-state index contributed by atoms with van der Waals surface area (Å²) in [5.41, 5.74) is -0.831. The summed E-state index contributed by atoms with van der Waals surface area (Å²) in [6, 6.07) is 4.39. The molecule has 1 aliphatic heterocycles. The van der Waals surface area contributed by atoms with Crippen LogP contribution >= 0.6 is 0 Å². The van der Waals surface area contributed by atoms with Gasteiger partial charge in [-0.05, 0) is 24.6 Å². The summed E-state index contributed by atoms with van der Waals surface area (Å²) in [7, 11) is 0. The summed E-state index contributed by atoms with van der Waals surface area (Å²) in [6.45, 7) is 2.41. The van der Waals surface area contributed by atoms with Crippen molar-refractivity contribution in [3.8, 4) is 0 Å². The van der Waals surface area contributed by atoms with Crippen LogP contribution in [0.5, 0.6) is 0 Å². The van der Waals surface area contributed by atoms with Crippen LogP contribution < -0.4 is 0 Å². The van der Waals surface area contributed by atoms with Crippen LogP contribution in [0, 0.1) is 5.92 Å². The molecule has 114 valence electrons. The van der Waals surface area contributed by atoms with Gasteiger partial charge in [0.2, 0.25) is 0 Å². The number of carbonyl (C=O) groups is 2. The third kappa shape index (κ3) is 3.43. The number of benzene rings is 1. The number of piperidine rings is 1. The molecule has 1 fully saturated rings. The number of likely N-dealkylation sites (tertiary alicyclic amines) is 1. The lowest BCUT2D eigenvalue weighted by Crippen LogP contribution is -2.44. The first kappa shape index (κ1) is 15.5. The van der Waals surface area contributed by atoms with Gasteiger partial charge in [-0.25, -0.2) is 0 Å². The fourth-order valence-electron chi connectivity index (χ4n) is 2.46. The van der Waals surface area contributed by atoms with Crippen molar-refractivity contribution in [3.05, 3.63) is 35.4 Å². The van der Waals surface area contributed by atoms with Crippen LogP contribution in [0.15, 0.2) is 24.3 Å². The highest BCUT2D eigenvalue weighted by Crippen LogP contribution is 2.30. The molecule has 1 aliphatic rings. The number of alkyl halides is 3. The average Bonchev–Trinajstić information content (AvgIpc) is 2.46. The van der Waals surface area contributed by atoms with Crippen LogP contribution in [0.3, 0.4) is 0 Å². The van der Waals surface area contributed by atoms with Crippen molar-refractivity contribution in [2.45, 2.75) is 25.9 Å². The number of rotatable bonds is 2. The summed E-state index contributed by atoms with van der Waals surface area (Å²) in [5.74, 6) is -0.550. The maximum Gasteiger partial charge on any atom is 0.416 e. The van der Waals surface area contributed by atoms with Gasteiger partial charge in [0.25, 0.3) is 5.91 Å². The molecule has 21 heavy (non-hydrogen) atoms. The summed E-state index contributed by atoms with van der Waals surface area (Å²) in [5, 5.41) is 0. The molecule has 1 aromatic rings. The molecule has 0 spiro atoms. The zero-order valence-corrected chi connectivity index (χ0v) is 11.6. The number of nitrogens with zero attached hydrogens (tertiary/aromatic N) is 1. The molecule has 0 radical (unpaired) electrons. The first-order valence-corrected chi connectivity index (χ1v) is 6.82. The minimum atomic E-state index is -4.47. The summed E-state index contributed by atoms with van der Waals surface area (Å²) >= 11 is 0. The van der Waals surface area contributed by atoms with Crippen molar-refractivity contribution in [1.29, 1.82) is 0 Å². The lowest BCUT2D eigenvalue weighted by Gasteiger charge is -2.31. The van der Waals surface area contributed by atoms with Gasteiger partial charge in [-0.15, -0.1) is 0 Å². The molecule has 0 aromatic heterocycles. The van der Waals surface area contributed by atoms with E-state index >= 15 is 0 Å². The van der Waals surface area contributed by atoms with E-state index in [0.717, 1.165) is 12.1 Å². The van der Waals surface area contributed by atoms with Crippen molar-refractivity contribution in [2.75, 3.05) is 13.1 Å². The van der Waals surface area contributed by atoms with E-state index < -0.39 is 17.6 Å². The highest BCUT2D eigenvalue weighted by Gasteiger charge is 2.33. The largest absolute Gasteiger partial charge is 0.416 e. The Morgan fingerprint density at radius 2 is 2.10 bits per heavy atom. The highest BCUT2D eigenvalue weighted by atomic mass is 19.4. The molecular weight excluding hydrogens is 283 g/mol. The predicted octanol–water partition coefficient (Wildman–Crippen LogP) is 3.15. The van der Waals surface area contributed by atoms with E-state index in [-0.39, 0.29) is 36.8 Å². The first-order valence-electron chi connectivity index (χ1n) is 6.82. The quantitative estimate of drug-likeness (QED) is 0.841. The number of halogens is 3. The number of Topliss-reactive ketones (excluding diaryl/α,β-unsaturated/α-hetero) is 1. The van der Waals surface area contributed by atoms with Crippen LogP contribution in [-0.2, 0) is 11.0 Å². The maximum atomic E-state index is 12.7. The van der Waals surface area contributed by atoms with Gasteiger partial charge in [0.15, 0.2) is 0 Å². The summed E-state index contributed by atoms with van der Waals surface area (Å²) < 4.78 is 38.0. The van der Waals surface area contributed by atoms with Crippen molar-refractivity contribution in [1.82, 2.24) is 4.90 Å². The fourth-order valence-corrected chi connectivity index (χ4v) is 2.46. The highest BCUT2D eigenvalue weighted by molar-refractivity contribution is 5.96. The summed E-state index contributed by atoms with van der Waals surface area (Å²) in [6.07, 6.45) is -3.57. The molecule has 0 N–H and O–H groups in total. The van der Waals surface area contributed by atoms with Gasteiger partial charge in [0.1, 0.15) is 5.78 Å². The topological polar surface area (TPSA) is 37.4 Å². The van der Waals surface area contributed by atoms with Crippen molar-refractivity contribution in [3.63, 3.8) is 0 Å². The molecule has 1 saturated heterocycles. The van der Waals surface area contributed by atoms with E-state index in [9.17, 15) is 22.8 Å². The van der Waals surface area contributed by atoms with Gasteiger partial charge < -0.3 is 4.90 Å². The van der Waals surface area contributed by atoms with E-state index in [0.29, 0.717) is 6.42 Å². The Morgan fingerprint density at radius 3 is 2.71 bits per heavy atom. The Hall–Kier alpha value is -1.85. The van der Waals surface area contributed by atoms with Crippen molar-refractivity contribution in [2.24, 2.45) is 5.92 Å². The van der Waals surface area contributed by atoms with Gasteiger partial charge in [-0.2, -0.15) is 13.2 Å². The normalized spacial score (nSPS) is 19.7. The van der Waals surface area contributed by atoms with Gasteiger partial charge in [0, 0.05) is 31.0 Å². The van der Waals surface area contributed by atoms with Gasteiger partial charge in [0.05, 0.1) is 5.56 Å². The Balaban J connectivity index is 2.19. The molecule has 2 rings (SSSR count). The molecule has 1 amide bonds. The lowest BCUT2D eigenvalue weighted by atomic mass is 9.93. The van der Waals surface area contributed by atoms with E-state index in [4.69, 9.17) is 0 Å². The molecule has 1 atom stereocenters. The second kappa shape index (κ2) is 5.87. The molecule has 1 unspecified atom stereocenters. The molecule has 0 aliphatic carbocycles. The molecule has 3 nitrogen and oxygen atoms in total. The fraction of sp³-hybridized carbons (Fsp3) is 0.467. The number of amides is 1. The minimum Gasteiger partial charge on any atom is -0.337 e. The van der Waals surface area contributed by atoms with Crippen LogP contribution in [0.2, 0.25) is 0 Å². The second-order valence-corrected chi connectivity index (χ2v) is 5.15. The maximum absolute atomic E-state index is 12.7. The van der Waals surface area contributed by atoms with Crippen LogP contribution in [0.4, 0.5) is 13.2 Å². The van der Waals surface area contributed by atoms with Crippen LogP contribution in [0.1, 0.15) is 35.7 Å². The Kier molecular flexibility index (Phi) is 4.34. The molecule has 0 bridgehead atoms. The Labute approximate surface area is 120 Å². The van der Waals surface area contributed by atoms with Crippen LogP contribution in [-0.4, -0.2) is 29.7 Å². The average molecular weight is 299 g/mol. The van der Waals surface area contributed by atoms with Crippen molar-refractivity contribution >= 4 is 11.7 Å². The third-order valence-corrected chi connectivity index (χ3v) is 3.74. The SMILES string of the molecule is CCC1CN(C(=O)c2cccc(C(F)(F)F)c2)CCC1=O. The Morgan fingerprint density at radius 1 is 1.38 bits per heavy atom. The van der Waals surface area contributed by atoms with E-state index in [1.807, 2.05) is 6.92 Å². The Bertz CT molecular complexity index is 554. The van der Waals surface area contributed by atoms with E-state index in [1.165, 1.54) is 17.0 Å². The lowest BCUT2D eigenvalue weighted by molar-refractivity contribution is -0.137. The number of hydrogen-bond donors (Lipinski definition) is 0. The van der Waals surface area contributed by atoms with E-state index in [2.05, 4.69) is 0 Å². The van der Waals surface area contributed by atoms with Crippen molar-refractivity contribution < 1.29 is 22.8 Å². The molecular formula is C15H16F3NO2. The predicted molar refractivity (Wildman–Crippen MR) is 70.8 cm³/mol. The summed E-state index contributed by atoms with van der Waals surface area (Å²) in [4.78, 5) is 25.4. The molecule has 1 heterocycles. The van der Waals surface area contributed by atoms with Gasteiger partial charge in [-0.1, -0.05) is 13.0 Å². The first-order chi connectivity index (χ1) is 9.82. The number of carbonyl (C=O) groups excluding carboxylic acids is 2. The molecule has 1 aromatic carbocycles. The number of hydrogen-bond acceptors (Lipinski definition) is 2. The van der Waals surface area contributed by atoms with E-state index in [1.54, 1.807) is 0 Å². The number of ketones is 1. The van der Waals surface area contributed by atoms with Gasteiger partial charge >= 0.3 is 6.18 Å². The zero-order valence-electron chi connectivity index (χ0n) is 11.6. The molecule has 0 saturated carbocycles. The van der Waals surface area contributed by atoms with Gasteiger partial charge in [-0.3, -0.25) is 9.59 Å². The third-order valence-electron chi connectivity index (χ3n) is 3.74. The smallest absolute Gasteiger partial charge is 0.337 e. The standard InChI is InChI=1S/C15H16F3NO2/c1-2-10-9-19(7-6-13(10)20)14(21)11-4-3-5-12(8-11)15(16,17)18/h3-5,8,10H,2,6-7,9H2,1H3.